The number of rotatable bonds is 9. The summed E-state index contributed by atoms with van der Waals surface area (Å²) in [7, 11) is 0.178. The molecule has 2 rings (SSSR count). The first-order valence-electron chi connectivity index (χ1n) is 9.90. The van der Waals surface area contributed by atoms with E-state index in [0.717, 1.165) is 5.56 Å². The molecule has 0 aliphatic heterocycles. The monoisotopic (exact) mass is 347 g/mol. The van der Waals surface area contributed by atoms with Crippen LogP contribution >= 0.6 is 0 Å². The summed E-state index contributed by atoms with van der Waals surface area (Å²) >= 11 is 0. The van der Waals surface area contributed by atoms with Crippen LogP contribution in [0.25, 0.3) is 0 Å². The van der Waals surface area contributed by atoms with Crippen LogP contribution in [0.2, 0.25) is 0 Å². The molecule has 0 aromatic heterocycles. The Labute approximate surface area is 152 Å². The van der Waals surface area contributed by atoms with Crippen LogP contribution in [-0.4, -0.2) is 21.5 Å². The van der Waals surface area contributed by atoms with Gasteiger partial charge in [0.1, 0.15) is 10.5 Å². The van der Waals surface area contributed by atoms with Gasteiger partial charge in [0.25, 0.3) is 0 Å². The van der Waals surface area contributed by atoms with Crippen LogP contribution in [-0.2, 0) is 10.9 Å². The normalized spacial score (nSPS) is 19.4. The van der Waals surface area contributed by atoms with Crippen LogP contribution in [0.4, 0.5) is 0 Å². The Bertz CT molecular complexity index is 490. The Morgan fingerprint density at radius 1 is 1.12 bits per heavy atom. The summed E-state index contributed by atoms with van der Waals surface area (Å²) in [6, 6.07) is 10.1. The maximum Gasteiger partial charge on any atom is 0.215 e. The number of carbonyl (C=O) groups excluding carboxylic acids is 1. The third-order valence-corrected chi connectivity index (χ3v) is 9.05. The number of Topliss-reactive ketones (excluding diaryl/α,β-unsaturated/α-hetero) is 1. The molecular formula is C22H35OS+. The van der Waals surface area contributed by atoms with Crippen LogP contribution in [0.5, 0.6) is 0 Å². The molecule has 3 unspecified atom stereocenters. The number of benzene rings is 1. The van der Waals surface area contributed by atoms with Gasteiger partial charge < -0.3 is 0 Å². The molecule has 0 bridgehead atoms. The Balaban J connectivity index is 2.37. The average molecular weight is 348 g/mol. The molecule has 3 atom stereocenters. The maximum atomic E-state index is 13.5. The highest BCUT2D eigenvalue weighted by Crippen LogP contribution is 2.38. The fraction of sp³-hybridized carbons (Fsp3) is 0.682. The average Bonchev–Trinajstić information content (AvgIpc) is 3.12. The molecule has 134 valence electrons. The fourth-order valence-corrected chi connectivity index (χ4v) is 8.09. The van der Waals surface area contributed by atoms with E-state index in [2.05, 4.69) is 27.7 Å². The second kappa shape index (κ2) is 9.65. The molecule has 0 N–H and O–H groups in total. The zero-order valence-corrected chi connectivity index (χ0v) is 16.8. The quantitative estimate of drug-likeness (QED) is 0.393. The molecule has 0 saturated heterocycles. The first kappa shape index (κ1) is 19.6. The van der Waals surface area contributed by atoms with Crippen molar-refractivity contribution in [3.8, 4) is 0 Å². The SMILES string of the molecule is CCCC(CC)[S+](C(C)C)C(C(=O)c1ccccc1)C1CCCC1. The minimum absolute atomic E-state index is 0.178. The van der Waals surface area contributed by atoms with Gasteiger partial charge in [0.15, 0.2) is 5.25 Å². The lowest BCUT2D eigenvalue weighted by atomic mass is 9.96. The Morgan fingerprint density at radius 2 is 1.75 bits per heavy atom. The fourth-order valence-electron chi connectivity index (χ4n) is 4.33. The van der Waals surface area contributed by atoms with Crippen molar-refractivity contribution in [3.05, 3.63) is 35.9 Å². The van der Waals surface area contributed by atoms with Gasteiger partial charge in [-0.1, -0.05) is 63.4 Å². The summed E-state index contributed by atoms with van der Waals surface area (Å²) in [6.07, 6.45) is 8.82. The van der Waals surface area contributed by atoms with Crippen molar-refractivity contribution in [3.63, 3.8) is 0 Å². The van der Waals surface area contributed by atoms with Gasteiger partial charge >= 0.3 is 0 Å². The van der Waals surface area contributed by atoms with E-state index in [-0.39, 0.29) is 16.1 Å². The molecule has 0 radical (unpaired) electrons. The lowest BCUT2D eigenvalue weighted by Gasteiger charge is -2.30. The molecule has 1 aliphatic rings. The van der Waals surface area contributed by atoms with Crippen LogP contribution in [0.3, 0.4) is 0 Å². The second-order valence-corrected chi connectivity index (χ2v) is 10.4. The van der Waals surface area contributed by atoms with Gasteiger partial charge in [0.05, 0.1) is 0 Å². The summed E-state index contributed by atoms with van der Waals surface area (Å²) in [6.45, 7) is 9.30. The number of hydrogen-bond acceptors (Lipinski definition) is 1. The molecule has 1 aliphatic carbocycles. The molecule has 1 aromatic carbocycles. The van der Waals surface area contributed by atoms with E-state index in [1.165, 1.54) is 44.9 Å². The first-order chi connectivity index (χ1) is 11.6. The summed E-state index contributed by atoms with van der Waals surface area (Å²) in [5.74, 6) is 1.03. The molecule has 24 heavy (non-hydrogen) atoms. The van der Waals surface area contributed by atoms with Gasteiger partial charge in [-0.2, -0.15) is 0 Å². The zero-order chi connectivity index (χ0) is 17.5. The molecule has 0 spiro atoms. The predicted molar refractivity (Wildman–Crippen MR) is 108 cm³/mol. The van der Waals surface area contributed by atoms with E-state index in [9.17, 15) is 4.79 Å². The number of ketones is 1. The van der Waals surface area contributed by atoms with Crippen LogP contribution in [0.1, 0.15) is 83.0 Å². The number of carbonyl (C=O) groups is 1. The zero-order valence-electron chi connectivity index (χ0n) is 16.0. The van der Waals surface area contributed by atoms with Gasteiger partial charge in [-0.15, -0.1) is 0 Å². The van der Waals surface area contributed by atoms with Gasteiger partial charge in [0, 0.05) is 22.4 Å². The Morgan fingerprint density at radius 3 is 2.25 bits per heavy atom. The summed E-state index contributed by atoms with van der Waals surface area (Å²) < 4.78 is 0. The smallest absolute Gasteiger partial charge is 0.215 e. The summed E-state index contributed by atoms with van der Waals surface area (Å²) in [5.41, 5.74) is 0.930. The minimum atomic E-state index is 0.178. The standard InChI is InChI=1S/C22H35OS/c1-5-12-20(6-2)24(17(3)4)22(19-15-10-11-16-19)21(23)18-13-8-7-9-14-18/h7-9,13-14,17,19-20,22H,5-6,10-12,15-16H2,1-4H3/q+1. The largest absolute Gasteiger partial charge is 0.288 e. The highest BCUT2D eigenvalue weighted by atomic mass is 32.2. The van der Waals surface area contributed by atoms with E-state index < -0.39 is 0 Å². The third-order valence-electron chi connectivity index (χ3n) is 5.43. The van der Waals surface area contributed by atoms with Crippen LogP contribution < -0.4 is 0 Å². The van der Waals surface area contributed by atoms with Gasteiger partial charge in [0.2, 0.25) is 5.78 Å². The topological polar surface area (TPSA) is 17.1 Å². The second-order valence-electron chi connectivity index (χ2n) is 7.47. The van der Waals surface area contributed by atoms with E-state index in [4.69, 9.17) is 0 Å². The molecule has 0 heterocycles. The van der Waals surface area contributed by atoms with Gasteiger partial charge in [-0.3, -0.25) is 4.79 Å². The molecule has 2 heteroatoms. The van der Waals surface area contributed by atoms with E-state index >= 15 is 0 Å². The van der Waals surface area contributed by atoms with E-state index in [0.29, 0.717) is 22.2 Å². The summed E-state index contributed by atoms with van der Waals surface area (Å²) in [4.78, 5) is 13.5. The highest BCUT2D eigenvalue weighted by molar-refractivity contribution is 7.99. The summed E-state index contributed by atoms with van der Waals surface area (Å²) in [5, 5.41) is 1.54. The van der Waals surface area contributed by atoms with Crippen molar-refractivity contribution in [2.45, 2.75) is 88.4 Å². The third kappa shape index (κ3) is 4.65. The van der Waals surface area contributed by atoms with E-state index in [1.807, 2.05) is 30.3 Å². The van der Waals surface area contributed by atoms with Crippen LogP contribution in [0.15, 0.2) is 30.3 Å². The molecule has 1 nitrogen and oxygen atoms in total. The Hall–Kier alpha value is -0.760. The maximum absolute atomic E-state index is 13.5. The van der Waals surface area contributed by atoms with Crippen molar-refractivity contribution >= 4 is 16.7 Å². The first-order valence-corrected chi connectivity index (χ1v) is 11.3. The van der Waals surface area contributed by atoms with Gasteiger partial charge in [-0.25, -0.2) is 0 Å². The van der Waals surface area contributed by atoms with Crippen molar-refractivity contribution < 1.29 is 4.79 Å². The van der Waals surface area contributed by atoms with Crippen molar-refractivity contribution in [1.29, 1.82) is 0 Å². The highest BCUT2D eigenvalue weighted by Gasteiger charge is 2.48. The van der Waals surface area contributed by atoms with Gasteiger partial charge in [-0.05, 0) is 39.5 Å². The molecule has 0 amide bonds. The molecule has 1 saturated carbocycles. The van der Waals surface area contributed by atoms with E-state index in [1.54, 1.807) is 0 Å². The lowest BCUT2D eigenvalue weighted by molar-refractivity contribution is 0.0968. The minimum Gasteiger partial charge on any atom is -0.288 e. The molecule has 1 aromatic rings. The van der Waals surface area contributed by atoms with Crippen molar-refractivity contribution in [2.24, 2.45) is 5.92 Å². The molecular weight excluding hydrogens is 312 g/mol. The number of hydrogen-bond donors (Lipinski definition) is 0. The van der Waals surface area contributed by atoms with Crippen LogP contribution in [0, 0.1) is 5.92 Å². The Kier molecular flexibility index (Phi) is 7.87. The van der Waals surface area contributed by atoms with Crippen molar-refractivity contribution in [1.82, 2.24) is 0 Å². The lowest BCUT2D eigenvalue weighted by Crippen LogP contribution is -2.46. The predicted octanol–water partition coefficient (Wildman–Crippen LogP) is 6.03. The van der Waals surface area contributed by atoms with Crippen molar-refractivity contribution in [2.75, 3.05) is 0 Å². The molecule has 1 fully saturated rings.